The maximum atomic E-state index is 5.42. The zero-order valence-corrected chi connectivity index (χ0v) is 12.2. The van der Waals surface area contributed by atoms with Crippen LogP contribution in [0.15, 0.2) is 12.2 Å². The summed E-state index contributed by atoms with van der Waals surface area (Å²) in [4.78, 5) is 0. The molecule has 0 bridgehead atoms. The van der Waals surface area contributed by atoms with Crippen LogP contribution in [0.2, 0.25) is 19.1 Å². The fourth-order valence-electron chi connectivity index (χ4n) is 0.996. The Bertz CT molecular complexity index is 151. The Labute approximate surface area is 96.2 Å². The van der Waals surface area contributed by atoms with Crippen LogP contribution in [0.5, 0.6) is 0 Å². The molecule has 0 saturated carbocycles. The molecule has 0 amide bonds. The molecule has 0 N–H and O–H groups in total. The number of hydrogen-bond acceptors (Lipinski definition) is 1. The van der Waals surface area contributed by atoms with Gasteiger partial charge in [0.1, 0.15) is 5.57 Å². The van der Waals surface area contributed by atoms with Crippen molar-refractivity contribution in [3.8, 4) is 0 Å². The maximum absolute atomic E-state index is 5.42. The van der Waals surface area contributed by atoms with Crippen LogP contribution in [-0.4, -0.2) is 18.8 Å². The third kappa shape index (κ3) is 12.6. The van der Waals surface area contributed by atoms with Crippen molar-refractivity contribution in [2.75, 3.05) is 13.2 Å². The van der Waals surface area contributed by atoms with Crippen molar-refractivity contribution in [3.05, 3.63) is 12.2 Å². The van der Waals surface area contributed by atoms with Crippen LogP contribution in [0.25, 0.3) is 0 Å². The SMILES string of the molecule is C=C(C)COCCCC[Si](C)(C)I. The molecule has 0 aliphatic carbocycles. The number of rotatable bonds is 7. The van der Waals surface area contributed by atoms with Gasteiger partial charge in [-0.3, -0.25) is 0 Å². The van der Waals surface area contributed by atoms with Gasteiger partial charge in [-0.2, -0.15) is 0 Å². The number of ether oxygens (including phenoxy) is 1. The van der Waals surface area contributed by atoms with Crippen LogP contribution in [0.4, 0.5) is 0 Å². The van der Waals surface area contributed by atoms with Gasteiger partial charge in [0.05, 0.1) is 6.61 Å². The van der Waals surface area contributed by atoms with Crippen molar-refractivity contribution in [3.63, 3.8) is 0 Å². The summed E-state index contributed by atoms with van der Waals surface area (Å²) in [5.74, 6) is 0. The number of halogens is 1. The summed E-state index contributed by atoms with van der Waals surface area (Å²) < 4.78 is 5.42. The van der Waals surface area contributed by atoms with Gasteiger partial charge < -0.3 is 4.74 Å². The molecule has 0 aromatic carbocycles. The highest BCUT2D eigenvalue weighted by Gasteiger charge is 2.14. The second-order valence-corrected chi connectivity index (χ2v) is 16.9. The molecular formula is C10H21IOSi. The monoisotopic (exact) mass is 312 g/mol. The highest BCUT2D eigenvalue weighted by molar-refractivity contribution is 14.1. The minimum absolute atomic E-state index is 0.727. The molecule has 0 spiro atoms. The molecule has 0 fully saturated rings. The van der Waals surface area contributed by atoms with Gasteiger partial charge >= 0.3 is 0 Å². The quantitative estimate of drug-likeness (QED) is 0.227. The summed E-state index contributed by atoms with van der Waals surface area (Å²) in [7, 11) is 0. The van der Waals surface area contributed by atoms with Gasteiger partial charge in [-0.25, -0.2) is 0 Å². The zero-order valence-electron chi connectivity index (χ0n) is 9.03. The zero-order chi connectivity index (χ0) is 10.3. The van der Waals surface area contributed by atoms with Gasteiger partial charge in [0, 0.05) is 6.61 Å². The molecule has 0 aliphatic rings. The van der Waals surface area contributed by atoms with E-state index in [-0.39, 0.29) is 0 Å². The minimum atomic E-state index is -0.842. The second kappa shape index (κ2) is 7.01. The molecule has 0 saturated heterocycles. The van der Waals surface area contributed by atoms with E-state index in [1.54, 1.807) is 0 Å². The van der Waals surface area contributed by atoms with Crippen LogP contribution < -0.4 is 0 Å². The van der Waals surface area contributed by atoms with Gasteiger partial charge in [-0.1, -0.05) is 31.7 Å². The lowest BCUT2D eigenvalue weighted by molar-refractivity contribution is 0.153. The van der Waals surface area contributed by atoms with Gasteiger partial charge in [0.25, 0.3) is 0 Å². The van der Waals surface area contributed by atoms with Gasteiger partial charge in [0.15, 0.2) is 0 Å². The maximum Gasteiger partial charge on any atom is 0.119 e. The average molecular weight is 312 g/mol. The first-order chi connectivity index (χ1) is 5.92. The fraction of sp³-hybridized carbons (Fsp3) is 0.800. The molecule has 0 heterocycles. The second-order valence-electron chi connectivity index (χ2n) is 4.19. The number of hydrogen-bond donors (Lipinski definition) is 0. The van der Waals surface area contributed by atoms with E-state index in [0.717, 1.165) is 18.8 Å². The van der Waals surface area contributed by atoms with E-state index in [1.807, 2.05) is 6.92 Å². The van der Waals surface area contributed by atoms with E-state index in [4.69, 9.17) is 4.74 Å². The predicted molar refractivity (Wildman–Crippen MR) is 71.2 cm³/mol. The molecule has 0 unspecified atom stereocenters. The van der Waals surface area contributed by atoms with E-state index < -0.39 is 5.57 Å². The average Bonchev–Trinajstić information content (AvgIpc) is 1.93. The molecule has 3 heteroatoms. The van der Waals surface area contributed by atoms with Crippen LogP contribution in [-0.2, 0) is 4.74 Å². The summed E-state index contributed by atoms with van der Waals surface area (Å²) in [6.45, 7) is 12.2. The van der Waals surface area contributed by atoms with Gasteiger partial charge in [-0.05, 0) is 19.4 Å². The van der Waals surface area contributed by atoms with E-state index in [2.05, 4.69) is 41.5 Å². The van der Waals surface area contributed by atoms with Gasteiger partial charge in [-0.15, -0.1) is 21.8 Å². The largest absolute Gasteiger partial charge is 0.377 e. The predicted octanol–water partition coefficient (Wildman–Crippen LogP) is 4.00. The third-order valence-corrected chi connectivity index (χ3v) is 4.82. The van der Waals surface area contributed by atoms with Crippen LogP contribution >= 0.6 is 21.8 Å². The van der Waals surface area contributed by atoms with Crippen LogP contribution in [0, 0.1) is 0 Å². The van der Waals surface area contributed by atoms with Crippen LogP contribution in [0.3, 0.4) is 0 Å². The first kappa shape index (κ1) is 13.6. The lowest BCUT2D eigenvalue weighted by Gasteiger charge is -2.12. The molecule has 0 aliphatic heterocycles. The van der Waals surface area contributed by atoms with E-state index in [9.17, 15) is 0 Å². The molecule has 0 aromatic rings. The van der Waals surface area contributed by atoms with E-state index in [1.165, 1.54) is 18.9 Å². The summed E-state index contributed by atoms with van der Waals surface area (Å²) in [5.41, 5.74) is 0.272. The van der Waals surface area contributed by atoms with Crippen molar-refractivity contribution in [2.45, 2.75) is 38.9 Å². The first-order valence-electron chi connectivity index (χ1n) is 4.83. The lowest BCUT2D eigenvalue weighted by Crippen LogP contribution is -2.14. The summed E-state index contributed by atoms with van der Waals surface area (Å²) in [6.07, 6.45) is 2.52. The Balaban J connectivity index is 3.13. The van der Waals surface area contributed by atoms with E-state index in [0.29, 0.717) is 0 Å². The highest BCUT2D eigenvalue weighted by Crippen LogP contribution is 2.20. The van der Waals surface area contributed by atoms with E-state index >= 15 is 0 Å². The molecule has 0 atom stereocenters. The normalized spacial score (nSPS) is 11.7. The molecule has 0 aromatic heterocycles. The highest BCUT2D eigenvalue weighted by atomic mass is 127. The molecule has 1 nitrogen and oxygen atoms in total. The molecular weight excluding hydrogens is 291 g/mol. The van der Waals surface area contributed by atoms with Crippen LogP contribution in [0.1, 0.15) is 19.8 Å². The Morgan fingerprint density at radius 2 is 2.00 bits per heavy atom. The molecule has 0 rings (SSSR count). The number of unbranched alkanes of at least 4 members (excludes halogenated alkanes) is 1. The standard InChI is InChI=1S/C10H21IOSi/c1-10(2)9-12-7-5-6-8-13(3,4)11/h1,5-9H2,2-4H3. The Morgan fingerprint density at radius 1 is 1.38 bits per heavy atom. The molecule has 78 valence electrons. The Kier molecular flexibility index (Phi) is 7.36. The van der Waals surface area contributed by atoms with Gasteiger partial charge in [0.2, 0.25) is 0 Å². The Morgan fingerprint density at radius 3 is 2.46 bits per heavy atom. The van der Waals surface area contributed by atoms with Crippen molar-refractivity contribution >= 4 is 27.4 Å². The fourth-order valence-corrected chi connectivity index (χ4v) is 3.23. The molecule has 13 heavy (non-hydrogen) atoms. The third-order valence-electron chi connectivity index (χ3n) is 1.66. The summed E-state index contributed by atoms with van der Waals surface area (Å²) in [6, 6.07) is 1.41. The first-order valence-corrected chi connectivity index (χ1v) is 11.1. The van der Waals surface area contributed by atoms with Crippen molar-refractivity contribution < 1.29 is 4.74 Å². The lowest BCUT2D eigenvalue weighted by atomic mass is 10.3. The van der Waals surface area contributed by atoms with Crippen molar-refractivity contribution in [1.82, 2.24) is 0 Å². The van der Waals surface area contributed by atoms with Crippen molar-refractivity contribution in [2.24, 2.45) is 0 Å². The molecule has 0 radical (unpaired) electrons. The van der Waals surface area contributed by atoms with Crippen molar-refractivity contribution in [1.29, 1.82) is 0 Å². The minimum Gasteiger partial charge on any atom is -0.377 e. The Hall–Kier alpha value is 0.647. The summed E-state index contributed by atoms with van der Waals surface area (Å²) in [5, 5.41) is 0. The smallest absolute Gasteiger partial charge is 0.119 e. The summed E-state index contributed by atoms with van der Waals surface area (Å²) >= 11 is 2.63. The topological polar surface area (TPSA) is 9.23 Å².